The maximum Gasteiger partial charge on any atom is 0.251 e. The lowest BCUT2D eigenvalue weighted by Gasteiger charge is -2.18. The van der Waals surface area contributed by atoms with Crippen LogP contribution in [-0.2, 0) is 0 Å². The summed E-state index contributed by atoms with van der Waals surface area (Å²) >= 11 is 0. The third kappa shape index (κ3) is 3.58. The standard InChI is InChI=1S/C18H26N2O/c1-3-10-19-15-8-9-16(12(2)11-15)18(21)20-17(13-4-5-13)14-6-7-14/h8-9,11,13-14,17,19H,3-7,10H2,1-2H3,(H,20,21). The Hall–Kier alpha value is -1.51. The van der Waals surface area contributed by atoms with Gasteiger partial charge in [0.15, 0.2) is 0 Å². The maximum atomic E-state index is 12.5. The van der Waals surface area contributed by atoms with Crippen LogP contribution >= 0.6 is 0 Å². The Kier molecular flexibility index (Phi) is 4.18. The van der Waals surface area contributed by atoms with Gasteiger partial charge in [0.05, 0.1) is 0 Å². The summed E-state index contributed by atoms with van der Waals surface area (Å²) in [7, 11) is 0. The Morgan fingerprint density at radius 1 is 1.24 bits per heavy atom. The monoisotopic (exact) mass is 286 g/mol. The van der Waals surface area contributed by atoms with Crippen molar-refractivity contribution in [2.45, 2.75) is 52.0 Å². The fourth-order valence-electron chi connectivity index (χ4n) is 3.06. The smallest absolute Gasteiger partial charge is 0.251 e. The summed E-state index contributed by atoms with van der Waals surface area (Å²) in [5.41, 5.74) is 2.98. The zero-order chi connectivity index (χ0) is 14.8. The van der Waals surface area contributed by atoms with Crippen LogP contribution in [0.25, 0.3) is 0 Å². The molecule has 1 aromatic carbocycles. The number of carbonyl (C=O) groups is 1. The molecule has 0 unspecified atom stereocenters. The van der Waals surface area contributed by atoms with E-state index in [1.54, 1.807) is 0 Å². The highest BCUT2D eigenvalue weighted by molar-refractivity contribution is 5.96. The summed E-state index contributed by atoms with van der Waals surface area (Å²) < 4.78 is 0. The van der Waals surface area contributed by atoms with E-state index in [2.05, 4.69) is 23.6 Å². The first-order valence-electron chi connectivity index (χ1n) is 8.34. The molecular weight excluding hydrogens is 260 g/mol. The van der Waals surface area contributed by atoms with E-state index in [1.165, 1.54) is 25.7 Å². The Morgan fingerprint density at radius 3 is 2.43 bits per heavy atom. The number of nitrogens with one attached hydrogen (secondary N) is 2. The minimum atomic E-state index is 0.110. The van der Waals surface area contributed by atoms with Crippen molar-refractivity contribution >= 4 is 11.6 Å². The van der Waals surface area contributed by atoms with Gasteiger partial charge in [-0.2, -0.15) is 0 Å². The largest absolute Gasteiger partial charge is 0.385 e. The normalized spacial score (nSPS) is 17.9. The molecule has 0 aromatic heterocycles. The summed E-state index contributed by atoms with van der Waals surface area (Å²) in [5, 5.41) is 6.67. The van der Waals surface area contributed by atoms with Crippen LogP contribution in [0.2, 0.25) is 0 Å². The summed E-state index contributed by atoms with van der Waals surface area (Å²) in [4.78, 5) is 12.5. The molecule has 0 spiro atoms. The number of anilines is 1. The fraction of sp³-hybridized carbons (Fsp3) is 0.611. The lowest BCUT2D eigenvalue weighted by atomic mass is 10.0. The van der Waals surface area contributed by atoms with Crippen molar-refractivity contribution in [1.82, 2.24) is 5.32 Å². The number of carbonyl (C=O) groups excluding carboxylic acids is 1. The van der Waals surface area contributed by atoms with Crippen LogP contribution in [0.1, 0.15) is 54.9 Å². The first-order chi connectivity index (χ1) is 10.2. The van der Waals surface area contributed by atoms with E-state index in [4.69, 9.17) is 0 Å². The SMILES string of the molecule is CCCNc1ccc(C(=O)NC(C2CC2)C2CC2)c(C)c1. The Labute approximate surface area is 127 Å². The second kappa shape index (κ2) is 6.08. The molecule has 1 amide bonds. The Bertz CT molecular complexity index is 506. The number of hydrogen-bond acceptors (Lipinski definition) is 2. The van der Waals surface area contributed by atoms with E-state index in [0.717, 1.165) is 41.6 Å². The van der Waals surface area contributed by atoms with Crippen molar-refractivity contribution in [3.8, 4) is 0 Å². The second-order valence-corrected chi connectivity index (χ2v) is 6.63. The van der Waals surface area contributed by atoms with Gasteiger partial charge in [-0.3, -0.25) is 4.79 Å². The molecule has 3 nitrogen and oxygen atoms in total. The van der Waals surface area contributed by atoms with Gasteiger partial charge in [0.2, 0.25) is 0 Å². The summed E-state index contributed by atoms with van der Waals surface area (Å²) in [5.74, 6) is 1.60. The predicted molar refractivity (Wildman–Crippen MR) is 86.7 cm³/mol. The minimum absolute atomic E-state index is 0.110. The van der Waals surface area contributed by atoms with Crippen molar-refractivity contribution in [2.75, 3.05) is 11.9 Å². The predicted octanol–water partition coefficient (Wildman–Crippen LogP) is 3.74. The second-order valence-electron chi connectivity index (χ2n) is 6.63. The molecule has 2 fully saturated rings. The maximum absolute atomic E-state index is 12.5. The van der Waals surface area contributed by atoms with Gasteiger partial charge in [-0.25, -0.2) is 0 Å². The molecule has 2 N–H and O–H groups in total. The zero-order valence-corrected chi connectivity index (χ0v) is 13.1. The molecule has 1 aromatic rings. The third-order valence-electron chi connectivity index (χ3n) is 4.61. The number of hydrogen-bond donors (Lipinski definition) is 2. The topological polar surface area (TPSA) is 41.1 Å². The van der Waals surface area contributed by atoms with E-state index in [0.29, 0.717) is 6.04 Å². The average Bonchev–Trinajstić information content (AvgIpc) is 3.35. The van der Waals surface area contributed by atoms with Crippen molar-refractivity contribution in [2.24, 2.45) is 11.8 Å². The fourth-order valence-corrected chi connectivity index (χ4v) is 3.06. The number of amides is 1. The highest BCUT2D eigenvalue weighted by Gasteiger charge is 2.42. The van der Waals surface area contributed by atoms with Crippen LogP contribution in [0.3, 0.4) is 0 Å². The molecule has 0 heterocycles. The average molecular weight is 286 g/mol. The molecule has 0 atom stereocenters. The number of rotatable bonds is 7. The van der Waals surface area contributed by atoms with Crippen LogP contribution < -0.4 is 10.6 Å². The van der Waals surface area contributed by atoms with Gasteiger partial charge in [0.25, 0.3) is 5.91 Å². The van der Waals surface area contributed by atoms with Crippen molar-refractivity contribution in [3.05, 3.63) is 29.3 Å². The van der Waals surface area contributed by atoms with Crippen LogP contribution in [0.15, 0.2) is 18.2 Å². The van der Waals surface area contributed by atoms with E-state index in [9.17, 15) is 4.79 Å². The van der Waals surface area contributed by atoms with E-state index in [1.807, 2.05) is 19.1 Å². The highest BCUT2D eigenvalue weighted by atomic mass is 16.1. The molecule has 2 saturated carbocycles. The molecule has 0 bridgehead atoms. The molecule has 114 valence electrons. The molecule has 0 aliphatic heterocycles. The lowest BCUT2D eigenvalue weighted by Crippen LogP contribution is -2.38. The van der Waals surface area contributed by atoms with Crippen LogP contribution in [-0.4, -0.2) is 18.5 Å². The molecule has 2 aliphatic rings. The van der Waals surface area contributed by atoms with E-state index in [-0.39, 0.29) is 5.91 Å². The van der Waals surface area contributed by atoms with Gasteiger partial charge in [0.1, 0.15) is 0 Å². The lowest BCUT2D eigenvalue weighted by molar-refractivity contribution is 0.0925. The highest BCUT2D eigenvalue weighted by Crippen LogP contribution is 2.44. The van der Waals surface area contributed by atoms with Gasteiger partial charge in [-0.1, -0.05) is 6.92 Å². The van der Waals surface area contributed by atoms with Crippen LogP contribution in [0.5, 0.6) is 0 Å². The van der Waals surface area contributed by atoms with Gasteiger partial charge >= 0.3 is 0 Å². The first kappa shape index (κ1) is 14.4. The number of benzene rings is 1. The van der Waals surface area contributed by atoms with Gasteiger partial charge in [-0.15, -0.1) is 0 Å². The van der Waals surface area contributed by atoms with Gasteiger partial charge in [-0.05, 0) is 74.6 Å². The molecular formula is C18H26N2O. The van der Waals surface area contributed by atoms with Crippen molar-refractivity contribution < 1.29 is 4.79 Å². The van der Waals surface area contributed by atoms with E-state index < -0.39 is 0 Å². The molecule has 0 radical (unpaired) electrons. The first-order valence-corrected chi connectivity index (χ1v) is 8.34. The van der Waals surface area contributed by atoms with Gasteiger partial charge in [0, 0.05) is 23.8 Å². The summed E-state index contributed by atoms with van der Waals surface area (Å²) in [6, 6.07) is 6.48. The molecule has 3 heteroatoms. The number of aryl methyl sites for hydroxylation is 1. The minimum Gasteiger partial charge on any atom is -0.385 e. The van der Waals surface area contributed by atoms with E-state index >= 15 is 0 Å². The summed E-state index contributed by atoms with van der Waals surface area (Å²) in [6.07, 6.45) is 6.27. The van der Waals surface area contributed by atoms with Crippen LogP contribution in [0.4, 0.5) is 5.69 Å². The molecule has 21 heavy (non-hydrogen) atoms. The molecule has 3 rings (SSSR count). The zero-order valence-electron chi connectivity index (χ0n) is 13.1. The van der Waals surface area contributed by atoms with Gasteiger partial charge < -0.3 is 10.6 Å². The van der Waals surface area contributed by atoms with Crippen molar-refractivity contribution in [1.29, 1.82) is 0 Å². The van der Waals surface area contributed by atoms with Crippen LogP contribution in [0, 0.1) is 18.8 Å². The quantitative estimate of drug-likeness (QED) is 0.802. The Morgan fingerprint density at radius 2 is 1.90 bits per heavy atom. The molecule has 2 aliphatic carbocycles. The molecule has 0 saturated heterocycles. The third-order valence-corrected chi connectivity index (χ3v) is 4.61. The summed E-state index contributed by atoms with van der Waals surface area (Å²) in [6.45, 7) is 5.14. The van der Waals surface area contributed by atoms with Crippen molar-refractivity contribution in [3.63, 3.8) is 0 Å². The Balaban J connectivity index is 1.66.